The molecule has 2 saturated heterocycles. The molecule has 0 saturated carbocycles. The van der Waals surface area contributed by atoms with Crippen molar-refractivity contribution in [2.75, 3.05) is 26.7 Å². The predicted molar refractivity (Wildman–Crippen MR) is 113 cm³/mol. The second kappa shape index (κ2) is 8.64. The molecular weight excluding hydrogens is 383 g/mol. The van der Waals surface area contributed by atoms with Crippen LogP contribution in [-0.4, -0.2) is 54.3 Å². The third kappa shape index (κ3) is 4.29. The summed E-state index contributed by atoms with van der Waals surface area (Å²) in [6.45, 7) is 4.84. The summed E-state index contributed by atoms with van der Waals surface area (Å²) in [5.74, 6) is 0.567. The molecule has 160 valence electrons. The molecule has 30 heavy (non-hydrogen) atoms. The van der Waals surface area contributed by atoms with Crippen LogP contribution in [0.3, 0.4) is 0 Å². The molecule has 0 bridgehead atoms. The minimum atomic E-state index is -0.497. The van der Waals surface area contributed by atoms with E-state index in [0.717, 1.165) is 42.8 Å². The van der Waals surface area contributed by atoms with Crippen molar-refractivity contribution in [2.45, 2.75) is 44.4 Å². The second-order valence-corrected chi connectivity index (χ2v) is 8.29. The van der Waals surface area contributed by atoms with E-state index in [0.29, 0.717) is 19.6 Å². The Kier molecular flexibility index (Phi) is 5.95. The van der Waals surface area contributed by atoms with Crippen molar-refractivity contribution in [1.82, 2.24) is 9.80 Å². The van der Waals surface area contributed by atoms with Gasteiger partial charge < -0.3 is 14.4 Å². The number of hydrogen-bond donors (Lipinski definition) is 0. The van der Waals surface area contributed by atoms with Crippen molar-refractivity contribution >= 4 is 6.09 Å². The van der Waals surface area contributed by atoms with Crippen LogP contribution in [0.25, 0.3) is 0 Å². The topological polar surface area (TPSA) is 42.0 Å². The summed E-state index contributed by atoms with van der Waals surface area (Å²) in [7, 11) is 2.09. The van der Waals surface area contributed by atoms with Crippen LogP contribution in [0.5, 0.6) is 5.75 Å². The number of hydrogen-bond acceptors (Lipinski definition) is 4. The Morgan fingerprint density at radius 3 is 2.33 bits per heavy atom. The zero-order valence-corrected chi connectivity index (χ0v) is 17.6. The molecule has 1 atom stereocenters. The van der Waals surface area contributed by atoms with Gasteiger partial charge in [0.25, 0.3) is 0 Å². The van der Waals surface area contributed by atoms with Gasteiger partial charge in [0, 0.05) is 32.5 Å². The average Bonchev–Trinajstić information content (AvgIpc) is 2.98. The number of ether oxygens (including phenoxy) is 2. The van der Waals surface area contributed by atoms with Crippen molar-refractivity contribution < 1.29 is 18.7 Å². The third-order valence-corrected chi connectivity index (χ3v) is 6.27. The lowest BCUT2D eigenvalue weighted by Crippen LogP contribution is -2.52. The minimum absolute atomic E-state index is 0.0873. The van der Waals surface area contributed by atoms with Crippen molar-refractivity contribution in [1.29, 1.82) is 0 Å². The summed E-state index contributed by atoms with van der Waals surface area (Å²) in [5, 5.41) is 0. The van der Waals surface area contributed by atoms with E-state index in [2.05, 4.69) is 11.9 Å². The molecule has 2 heterocycles. The number of carbonyl (C=O) groups excluding carboxylic acids is 1. The molecule has 6 heteroatoms. The molecule has 1 unspecified atom stereocenters. The maximum atomic E-state index is 13.4. The van der Waals surface area contributed by atoms with Crippen molar-refractivity contribution in [3.05, 3.63) is 65.5 Å². The van der Waals surface area contributed by atoms with Gasteiger partial charge in [-0.3, -0.25) is 4.90 Å². The lowest BCUT2D eigenvalue weighted by Gasteiger charge is -2.40. The van der Waals surface area contributed by atoms with E-state index in [-0.39, 0.29) is 18.0 Å². The lowest BCUT2D eigenvalue weighted by atomic mass is 9.81. The van der Waals surface area contributed by atoms with E-state index in [9.17, 15) is 9.18 Å². The fourth-order valence-corrected chi connectivity index (χ4v) is 4.51. The smallest absolute Gasteiger partial charge is 0.411 e. The summed E-state index contributed by atoms with van der Waals surface area (Å²) in [6.07, 6.45) is 2.00. The molecule has 0 aromatic heterocycles. The number of likely N-dealkylation sites (tertiary alicyclic amines) is 1. The standard InChI is InChI=1S/C24H29FN2O3/c1-3-29-21-10-6-19(7-11-21)17-27-22(16-18-4-8-20(25)9-5-18)24(30-23(27)28)12-14-26(2)15-13-24/h4-11,22H,3,12-17H2,1-2H3. The van der Waals surface area contributed by atoms with E-state index in [1.165, 1.54) is 12.1 Å². The van der Waals surface area contributed by atoms with Crippen LogP contribution in [0.15, 0.2) is 48.5 Å². The highest BCUT2D eigenvalue weighted by Gasteiger charge is 2.54. The number of carbonyl (C=O) groups is 1. The number of amides is 1. The van der Waals surface area contributed by atoms with Gasteiger partial charge >= 0.3 is 6.09 Å². The van der Waals surface area contributed by atoms with Crippen LogP contribution in [0.2, 0.25) is 0 Å². The van der Waals surface area contributed by atoms with Crippen LogP contribution in [0.4, 0.5) is 9.18 Å². The first-order valence-electron chi connectivity index (χ1n) is 10.6. The number of rotatable bonds is 6. The summed E-state index contributed by atoms with van der Waals surface area (Å²) in [5.41, 5.74) is 1.54. The molecule has 2 aromatic rings. The van der Waals surface area contributed by atoms with Gasteiger partial charge in [0.05, 0.1) is 12.6 Å². The minimum Gasteiger partial charge on any atom is -0.494 e. The van der Waals surface area contributed by atoms with Crippen LogP contribution in [0.1, 0.15) is 30.9 Å². The fraction of sp³-hybridized carbons (Fsp3) is 0.458. The summed E-state index contributed by atoms with van der Waals surface area (Å²) in [4.78, 5) is 17.1. The van der Waals surface area contributed by atoms with Gasteiger partial charge in [-0.15, -0.1) is 0 Å². The highest BCUT2D eigenvalue weighted by atomic mass is 19.1. The second-order valence-electron chi connectivity index (χ2n) is 8.29. The van der Waals surface area contributed by atoms with Crippen LogP contribution >= 0.6 is 0 Å². The van der Waals surface area contributed by atoms with Gasteiger partial charge in [-0.05, 0) is 55.8 Å². The highest BCUT2D eigenvalue weighted by Crippen LogP contribution is 2.40. The first kappa shape index (κ1) is 20.7. The first-order chi connectivity index (χ1) is 14.5. The molecule has 4 rings (SSSR count). The van der Waals surface area contributed by atoms with E-state index >= 15 is 0 Å². The van der Waals surface area contributed by atoms with Crippen LogP contribution < -0.4 is 4.74 Å². The van der Waals surface area contributed by atoms with Crippen LogP contribution in [0, 0.1) is 5.82 Å². The number of halogens is 1. The van der Waals surface area contributed by atoms with Gasteiger partial charge in [-0.1, -0.05) is 24.3 Å². The maximum Gasteiger partial charge on any atom is 0.411 e. The Bertz CT molecular complexity index is 861. The molecule has 2 aliphatic rings. The number of nitrogens with zero attached hydrogens (tertiary/aromatic N) is 2. The SMILES string of the molecule is CCOc1ccc(CN2C(=O)OC3(CCN(C)CC3)C2Cc2ccc(F)cc2)cc1. The molecule has 5 nitrogen and oxygen atoms in total. The van der Waals surface area contributed by atoms with Gasteiger partial charge in [-0.2, -0.15) is 0 Å². The first-order valence-corrected chi connectivity index (χ1v) is 10.6. The molecule has 1 amide bonds. The molecule has 0 radical (unpaired) electrons. The maximum absolute atomic E-state index is 13.4. The Morgan fingerprint density at radius 2 is 1.70 bits per heavy atom. The van der Waals surface area contributed by atoms with Gasteiger partial charge in [0.15, 0.2) is 0 Å². The van der Waals surface area contributed by atoms with Crippen molar-refractivity contribution in [2.24, 2.45) is 0 Å². The lowest BCUT2D eigenvalue weighted by molar-refractivity contribution is -0.0165. The Balaban J connectivity index is 1.59. The largest absolute Gasteiger partial charge is 0.494 e. The zero-order valence-electron chi connectivity index (χ0n) is 17.6. The normalized spacial score (nSPS) is 21.1. The van der Waals surface area contributed by atoms with Crippen molar-refractivity contribution in [3.63, 3.8) is 0 Å². The summed E-state index contributed by atoms with van der Waals surface area (Å²) in [6, 6.07) is 14.3. The molecule has 2 fully saturated rings. The zero-order chi connectivity index (χ0) is 21.1. The number of benzene rings is 2. The monoisotopic (exact) mass is 412 g/mol. The highest BCUT2D eigenvalue weighted by molar-refractivity contribution is 5.72. The Labute approximate surface area is 177 Å². The molecule has 0 aliphatic carbocycles. The van der Waals surface area contributed by atoms with E-state index in [4.69, 9.17) is 9.47 Å². The Morgan fingerprint density at radius 1 is 1.07 bits per heavy atom. The van der Waals surface area contributed by atoms with E-state index < -0.39 is 5.60 Å². The van der Waals surface area contributed by atoms with Gasteiger partial charge in [0.1, 0.15) is 17.2 Å². The van der Waals surface area contributed by atoms with Gasteiger partial charge in [-0.25, -0.2) is 9.18 Å². The molecule has 1 spiro atoms. The predicted octanol–water partition coefficient (Wildman–Crippen LogP) is 4.25. The quantitative estimate of drug-likeness (QED) is 0.711. The molecular formula is C24H29FN2O3. The van der Waals surface area contributed by atoms with Crippen molar-refractivity contribution in [3.8, 4) is 5.75 Å². The molecule has 2 aromatic carbocycles. The Hall–Kier alpha value is -2.60. The molecule has 2 aliphatic heterocycles. The average molecular weight is 413 g/mol. The van der Waals surface area contributed by atoms with Crippen LogP contribution in [-0.2, 0) is 17.7 Å². The third-order valence-electron chi connectivity index (χ3n) is 6.27. The summed E-state index contributed by atoms with van der Waals surface area (Å²) < 4.78 is 25.0. The number of piperidine rings is 1. The van der Waals surface area contributed by atoms with E-state index in [1.807, 2.05) is 36.1 Å². The van der Waals surface area contributed by atoms with Gasteiger partial charge in [0.2, 0.25) is 0 Å². The summed E-state index contributed by atoms with van der Waals surface area (Å²) >= 11 is 0. The van der Waals surface area contributed by atoms with E-state index in [1.54, 1.807) is 12.1 Å². The fourth-order valence-electron chi connectivity index (χ4n) is 4.51. The molecule has 0 N–H and O–H groups in total.